The fraction of sp³-hybridized carbons (Fsp3) is 0.333. The molecule has 0 bridgehead atoms. The molecule has 0 saturated carbocycles. The summed E-state index contributed by atoms with van der Waals surface area (Å²) in [6.07, 6.45) is 0. The molecule has 0 aliphatic carbocycles. The number of thiophene rings is 1. The van der Waals surface area contributed by atoms with Crippen molar-refractivity contribution in [1.82, 2.24) is 10.2 Å². The van der Waals surface area contributed by atoms with Crippen molar-refractivity contribution in [3.05, 3.63) is 57.8 Å². The van der Waals surface area contributed by atoms with Gasteiger partial charge in [-0.25, -0.2) is 8.78 Å². The van der Waals surface area contributed by atoms with Crippen LogP contribution in [0.15, 0.2) is 35.7 Å². The van der Waals surface area contributed by atoms with Crippen molar-refractivity contribution in [1.29, 1.82) is 0 Å². The predicted molar refractivity (Wildman–Crippen MR) is 84.2 cm³/mol. The predicted octanol–water partition coefficient (Wildman–Crippen LogP) is 3.44. The normalized spacial score (nSPS) is 17.2. The van der Waals surface area contributed by atoms with Gasteiger partial charge in [0.15, 0.2) is 0 Å². The van der Waals surface area contributed by atoms with Crippen LogP contribution >= 0.6 is 23.7 Å². The third-order valence-corrected chi connectivity index (χ3v) is 4.53. The number of nitrogens with one attached hydrogen (secondary N) is 1. The van der Waals surface area contributed by atoms with Crippen LogP contribution in [0.3, 0.4) is 0 Å². The molecule has 1 aliphatic heterocycles. The number of hydrogen-bond acceptors (Lipinski definition) is 3. The van der Waals surface area contributed by atoms with Gasteiger partial charge in [-0.2, -0.15) is 0 Å². The quantitative estimate of drug-likeness (QED) is 0.927. The summed E-state index contributed by atoms with van der Waals surface area (Å²) in [6, 6.07) is 7.62. The first kappa shape index (κ1) is 16.4. The molecular formula is C15H17ClF2N2S. The molecule has 2 aromatic rings. The Balaban J connectivity index is 0.00000161. The molecule has 0 amide bonds. The molecular weight excluding hydrogens is 314 g/mol. The highest BCUT2D eigenvalue weighted by Crippen LogP contribution is 2.34. The third kappa shape index (κ3) is 3.43. The lowest BCUT2D eigenvalue weighted by Gasteiger charge is -2.35. The van der Waals surface area contributed by atoms with Gasteiger partial charge in [-0.1, -0.05) is 12.1 Å². The van der Waals surface area contributed by atoms with E-state index in [1.54, 1.807) is 11.3 Å². The number of halogens is 3. The lowest BCUT2D eigenvalue weighted by molar-refractivity contribution is 0.194. The van der Waals surface area contributed by atoms with E-state index in [9.17, 15) is 8.78 Å². The van der Waals surface area contributed by atoms with Crippen molar-refractivity contribution in [3.8, 4) is 0 Å². The molecule has 2 nitrogen and oxygen atoms in total. The highest BCUT2D eigenvalue weighted by atomic mass is 35.5. The maximum atomic E-state index is 14.2. The number of rotatable bonds is 3. The molecule has 1 aromatic heterocycles. The molecule has 6 heteroatoms. The average molecular weight is 331 g/mol. The lowest BCUT2D eigenvalue weighted by Crippen LogP contribution is -2.45. The summed E-state index contributed by atoms with van der Waals surface area (Å²) in [6.45, 7) is 3.27. The Kier molecular flexibility index (Phi) is 5.70. The second kappa shape index (κ2) is 7.31. The zero-order valence-corrected chi connectivity index (χ0v) is 13.0. The molecule has 114 valence electrons. The molecule has 1 saturated heterocycles. The summed E-state index contributed by atoms with van der Waals surface area (Å²) in [7, 11) is 0. The van der Waals surface area contributed by atoms with E-state index in [1.807, 2.05) is 17.5 Å². The number of benzene rings is 1. The van der Waals surface area contributed by atoms with Gasteiger partial charge in [-0.15, -0.1) is 23.7 Å². The Morgan fingerprint density at radius 2 is 1.71 bits per heavy atom. The van der Waals surface area contributed by atoms with Gasteiger partial charge in [0.2, 0.25) is 0 Å². The number of nitrogens with zero attached hydrogens (tertiary/aromatic N) is 1. The minimum atomic E-state index is -0.470. The molecule has 1 aliphatic rings. The van der Waals surface area contributed by atoms with Gasteiger partial charge < -0.3 is 5.32 Å². The Hall–Kier alpha value is -1.01. The Bertz CT molecular complexity index is 551. The van der Waals surface area contributed by atoms with Crippen molar-refractivity contribution in [2.75, 3.05) is 26.2 Å². The van der Waals surface area contributed by atoms with E-state index >= 15 is 0 Å². The zero-order valence-electron chi connectivity index (χ0n) is 11.4. The first-order chi connectivity index (χ1) is 9.77. The number of piperazine rings is 1. The molecule has 1 N–H and O–H groups in total. The molecule has 21 heavy (non-hydrogen) atoms. The van der Waals surface area contributed by atoms with Gasteiger partial charge in [0.25, 0.3) is 0 Å². The average Bonchev–Trinajstić information content (AvgIpc) is 2.98. The molecule has 3 rings (SSSR count). The molecule has 2 heterocycles. The van der Waals surface area contributed by atoms with E-state index < -0.39 is 11.6 Å². The van der Waals surface area contributed by atoms with E-state index in [1.165, 1.54) is 18.2 Å². The van der Waals surface area contributed by atoms with Crippen molar-refractivity contribution < 1.29 is 8.78 Å². The smallest absolute Gasteiger partial charge is 0.131 e. The Labute approximate surface area is 133 Å². The van der Waals surface area contributed by atoms with Gasteiger partial charge in [-0.3, -0.25) is 4.90 Å². The molecule has 0 spiro atoms. The minimum absolute atomic E-state index is 0. The van der Waals surface area contributed by atoms with Crippen molar-refractivity contribution in [2.45, 2.75) is 6.04 Å². The standard InChI is InChI=1S/C15H16F2N2S.ClH/c16-11-3-1-4-12(17)14(11)15(13-5-2-10-20-13)19-8-6-18-7-9-19;/h1-5,10,15,18H,6-9H2;1H/t15-;/m0./s1. The summed E-state index contributed by atoms with van der Waals surface area (Å²) in [5.41, 5.74) is 0.164. The van der Waals surface area contributed by atoms with Crippen LogP contribution in [0.5, 0.6) is 0 Å². The van der Waals surface area contributed by atoms with Crippen LogP contribution in [0.25, 0.3) is 0 Å². The largest absolute Gasteiger partial charge is 0.314 e. The van der Waals surface area contributed by atoms with Gasteiger partial charge in [0, 0.05) is 36.6 Å². The molecule has 0 radical (unpaired) electrons. The fourth-order valence-electron chi connectivity index (χ4n) is 2.66. The first-order valence-corrected chi connectivity index (χ1v) is 7.57. The van der Waals surface area contributed by atoms with Crippen LogP contribution in [0.2, 0.25) is 0 Å². The van der Waals surface area contributed by atoms with Crippen LogP contribution in [0, 0.1) is 11.6 Å². The van der Waals surface area contributed by atoms with Crippen LogP contribution in [0.1, 0.15) is 16.5 Å². The van der Waals surface area contributed by atoms with Crippen molar-refractivity contribution >= 4 is 23.7 Å². The summed E-state index contributed by atoms with van der Waals surface area (Å²) in [4.78, 5) is 3.13. The summed E-state index contributed by atoms with van der Waals surface area (Å²) < 4.78 is 28.3. The minimum Gasteiger partial charge on any atom is -0.314 e. The van der Waals surface area contributed by atoms with Crippen molar-refractivity contribution in [3.63, 3.8) is 0 Å². The monoisotopic (exact) mass is 330 g/mol. The molecule has 1 fully saturated rings. The van der Waals surface area contributed by atoms with Gasteiger partial charge in [0.1, 0.15) is 11.6 Å². The maximum absolute atomic E-state index is 14.2. The van der Waals surface area contributed by atoms with Crippen LogP contribution in [-0.2, 0) is 0 Å². The highest BCUT2D eigenvalue weighted by molar-refractivity contribution is 7.10. The maximum Gasteiger partial charge on any atom is 0.131 e. The lowest BCUT2D eigenvalue weighted by atomic mass is 10.0. The Morgan fingerprint density at radius 3 is 2.29 bits per heavy atom. The zero-order chi connectivity index (χ0) is 13.9. The first-order valence-electron chi connectivity index (χ1n) is 6.69. The summed E-state index contributed by atoms with van der Waals surface area (Å²) in [5, 5.41) is 5.22. The third-order valence-electron chi connectivity index (χ3n) is 3.60. The second-order valence-corrected chi connectivity index (χ2v) is 5.82. The molecule has 1 aromatic carbocycles. The molecule has 0 unspecified atom stereocenters. The topological polar surface area (TPSA) is 15.3 Å². The van der Waals surface area contributed by atoms with E-state index in [0.717, 1.165) is 31.1 Å². The van der Waals surface area contributed by atoms with E-state index in [2.05, 4.69) is 10.2 Å². The van der Waals surface area contributed by atoms with E-state index in [4.69, 9.17) is 0 Å². The van der Waals surface area contributed by atoms with Gasteiger partial charge >= 0.3 is 0 Å². The van der Waals surface area contributed by atoms with Gasteiger partial charge in [0.05, 0.1) is 6.04 Å². The highest BCUT2D eigenvalue weighted by Gasteiger charge is 2.29. The van der Waals surface area contributed by atoms with Gasteiger partial charge in [-0.05, 0) is 23.6 Å². The fourth-order valence-corrected chi connectivity index (χ4v) is 3.53. The second-order valence-electron chi connectivity index (χ2n) is 4.84. The van der Waals surface area contributed by atoms with E-state index in [-0.39, 0.29) is 24.0 Å². The molecule has 1 atom stereocenters. The van der Waals surface area contributed by atoms with Crippen LogP contribution in [0.4, 0.5) is 8.78 Å². The Morgan fingerprint density at radius 1 is 1.05 bits per heavy atom. The summed E-state index contributed by atoms with van der Waals surface area (Å²) in [5.74, 6) is -0.941. The van der Waals surface area contributed by atoms with E-state index in [0.29, 0.717) is 0 Å². The van der Waals surface area contributed by atoms with Crippen LogP contribution in [-0.4, -0.2) is 31.1 Å². The number of hydrogen-bond donors (Lipinski definition) is 1. The SMILES string of the molecule is Cl.Fc1cccc(F)c1[C@H](c1cccs1)N1CCNCC1. The van der Waals surface area contributed by atoms with Crippen molar-refractivity contribution in [2.24, 2.45) is 0 Å². The van der Waals surface area contributed by atoms with Crippen LogP contribution < -0.4 is 5.32 Å². The summed E-state index contributed by atoms with van der Waals surface area (Å²) >= 11 is 1.54.